The number of nitrogens with one attached hydrogen (secondary N) is 2. The van der Waals surface area contributed by atoms with Crippen LogP contribution in [0.4, 0.5) is 10.3 Å². The Kier molecular flexibility index (Phi) is 9.14. The van der Waals surface area contributed by atoms with Gasteiger partial charge in [0.05, 0.1) is 24.2 Å². The van der Waals surface area contributed by atoms with Crippen molar-refractivity contribution < 1.29 is 9.59 Å². The quantitative estimate of drug-likeness (QED) is 0.253. The number of aromatic nitrogens is 6. The summed E-state index contributed by atoms with van der Waals surface area (Å²) in [4.78, 5) is 33.9. The summed E-state index contributed by atoms with van der Waals surface area (Å²) >= 11 is 2.83. The van der Waals surface area contributed by atoms with Gasteiger partial charge in [0.25, 0.3) is 0 Å². The minimum atomic E-state index is -0.192. The maximum absolute atomic E-state index is 12.5. The van der Waals surface area contributed by atoms with Crippen LogP contribution >= 0.6 is 22.7 Å². The predicted molar refractivity (Wildman–Crippen MR) is 154 cm³/mol. The van der Waals surface area contributed by atoms with Crippen LogP contribution in [0.2, 0.25) is 0 Å². The summed E-state index contributed by atoms with van der Waals surface area (Å²) < 4.78 is 0. The molecule has 2 atom stereocenters. The van der Waals surface area contributed by atoms with Gasteiger partial charge in [0.1, 0.15) is 10.0 Å². The van der Waals surface area contributed by atoms with Gasteiger partial charge in [-0.15, -0.1) is 20.4 Å². The number of amides is 2. The molecule has 4 heterocycles. The summed E-state index contributed by atoms with van der Waals surface area (Å²) in [5.41, 5.74) is 8.75. The second-order valence-corrected chi connectivity index (χ2v) is 11.7. The molecule has 0 radical (unpaired) electrons. The van der Waals surface area contributed by atoms with E-state index in [1.54, 1.807) is 6.07 Å². The predicted octanol–water partition coefficient (Wildman–Crippen LogP) is 4.00. The van der Waals surface area contributed by atoms with E-state index in [0.717, 1.165) is 59.2 Å². The second kappa shape index (κ2) is 13.1. The van der Waals surface area contributed by atoms with E-state index in [2.05, 4.69) is 41.0 Å². The average molecular weight is 578 g/mol. The third kappa shape index (κ3) is 7.29. The number of carbonyl (C=O) groups is 2. The lowest BCUT2D eigenvalue weighted by Crippen LogP contribution is -2.15. The molecule has 1 saturated carbocycles. The molecule has 0 aromatic carbocycles. The van der Waals surface area contributed by atoms with Crippen LogP contribution in [0, 0.1) is 0 Å². The average Bonchev–Trinajstić information content (AvgIpc) is 3.63. The number of hydrogen-bond acceptors (Lipinski definition) is 11. The van der Waals surface area contributed by atoms with Gasteiger partial charge in [-0.25, -0.2) is 0 Å². The fourth-order valence-corrected chi connectivity index (χ4v) is 6.57. The normalized spacial score (nSPS) is 16.9. The van der Waals surface area contributed by atoms with Gasteiger partial charge in [0.15, 0.2) is 0 Å². The molecular formula is C27H31N9O2S2. The number of rotatable bonds is 10. The van der Waals surface area contributed by atoms with E-state index < -0.39 is 0 Å². The second-order valence-electron chi connectivity index (χ2n) is 9.70. The molecule has 4 N–H and O–H groups in total. The summed E-state index contributed by atoms with van der Waals surface area (Å²) in [6, 6.07) is 11.2. The molecule has 0 unspecified atom stereocenters. The van der Waals surface area contributed by atoms with Gasteiger partial charge in [0, 0.05) is 29.8 Å². The molecule has 1 aliphatic carbocycles. The molecule has 4 aromatic heterocycles. The van der Waals surface area contributed by atoms with E-state index >= 15 is 0 Å². The largest absolute Gasteiger partial charge is 0.325 e. The van der Waals surface area contributed by atoms with E-state index in [1.165, 1.54) is 22.7 Å². The van der Waals surface area contributed by atoms with Crippen molar-refractivity contribution in [3.05, 3.63) is 69.2 Å². The van der Waals surface area contributed by atoms with Crippen LogP contribution in [0.1, 0.15) is 77.2 Å². The highest BCUT2D eigenvalue weighted by Crippen LogP contribution is 2.43. The Morgan fingerprint density at radius 2 is 1.30 bits per heavy atom. The fraction of sp³-hybridized carbons (Fsp3) is 0.407. The van der Waals surface area contributed by atoms with Crippen molar-refractivity contribution in [1.82, 2.24) is 30.4 Å². The highest BCUT2D eigenvalue weighted by Gasteiger charge is 2.29. The monoisotopic (exact) mass is 577 g/mol. The molecule has 11 nitrogen and oxygen atoms in total. The first-order valence-corrected chi connectivity index (χ1v) is 15.0. The maximum atomic E-state index is 12.5. The smallest absolute Gasteiger partial charge is 0.232 e. The number of nitrogens with two attached hydrogens (primary N) is 1. The van der Waals surface area contributed by atoms with Crippen LogP contribution in [0.25, 0.3) is 0 Å². The first-order valence-electron chi connectivity index (χ1n) is 13.3. The first-order chi connectivity index (χ1) is 19.5. The van der Waals surface area contributed by atoms with Crippen LogP contribution in [-0.4, -0.2) is 42.2 Å². The lowest BCUT2D eigenvalue weighted by molar-refractivity contribution is -0.116. The minimum absolute atomic E-state index is 0.145. The van der Waals surface area contributed by atoms with Gasteiger partial charge in [0.2, 0.25) is 22.1 Å². The number of nitrogens with zero attached hydrogens (tertiary/aromatic N) is 6. The van der Waals surface area contributed by atoms with Crippen LogP contribution in [0.3, 0.4) is 0 Å². The van der Waals surface area contributed by atoms with E-state index in [0.29, 0.717) is 22.5 Å². The molecule has 2 amide bonds. The molecule has 1 aliphatic rings. The van der Waals surface area contributed by atoms with Gasteiger partial charge < -0.3 is 16.4 Å². The zero-order valence-electron chi connectivity index (χ0n) is 22.2. The van der Waals surface area contributed by atoms with Gasteiger partial charge in [-0.05, 0) is 49.9 Å². The van der Waals surface area contributed by atoms with Gasteiger partial charge in [-0.3, -0.25) is 19.6 Å². The number of anilines is 2. The van der Waals surface area contributed by atoms with Crippen LogP contribution in [-0.2, 0) is 35.4 Å². The maximum Gasteiger partial charge on any atom is 0.232 e. The Morgan fingerprint density at radius 1 is 0.800 bits per heavy atom. The van der Waals surface area contributed by atoms with E-state index in [4.69, 9.17) is 5.73 Å². The molecule has 1 fully saturated rings. The van der Waals surface area contributed by atoms with Crippen molar-refractivity contribution in [2.24, 2.45) is 5.73 Å². The zero-order valence-corrected chi connectivity index (χ0v) is 23.8. The summed E-state index contributed by atoms with van der Waals surface area (Å²) in [5.74, 6) is 0.107. The number of hydrogen-bond donors (Lipinski definition) is 3. The van der Waals surface area contributed by atoms with Crippen LogP contribution in [0.15, 0.2) is 36.4 Å². The Balaban J connectivity index is 1.14. The topological polar surface area (TPSA) is 162 Å². The Morgan fingerprint density at radius 3 is 1.82 bits per heavy atom. The van der Waals surface area contributed by atoms with Gasteiger partial charge in [-0.2, -0.15) is 0 Å². The first kappa shape index (κ1) is 27.9. The molecule has 0 spiro atoms. The Hall–Kier alpha value is -3.68. The summed E-state index contributed by atoms with van der Waals surface area (Å²) in [6.07, 6.45) is 5.07. The van der Waals surface area contributed by atoms with Crippen LogP contribution < -0.4 is 16.4 Å². The highest BCUT2D eigenvalue weighted by atomic mass is 32.1. The number of aryl methyl sites for hydroxylation is 1. The molecular weight excluding hydrogens is 546 g/mol. The van der Waals surface area contributed by atoms with Crippen LogP contribution in [0.5, 0.6) is 0 Å². The highest BCUT2D eigenvalue weighted by molar-refractivity contribution is 7.15. The van der Waals surface area contributed by atoms with Gasteiger partial charge >= 0.3 is 0 Å². The summed E-state index contributed by atoms with van der Waals surface area (Å²) in [5, 5.41) is 25.7. The van der Waals surface area contributed by atoms with Crippen molar-refractivity contribution in [2.45, 2.75) is 70.3 Å². The molecule has 40 heavy (non-hydrogen) atoms. The molecule has 0 aliphatic heterocycles. The molecule has 4 aromatic rings. The molecule has 5 rings (SSSR count). The zero-order chi connectivity index (χ0) is 27.9. The Labute approximate surface area is 240 Å². The molecule has 208 valence electrons. The van der Waals surface area contributed by atoms with Crippen molar-refractivity contribution in [2.75, 3.05) is 10.6 Å². The van der Waals surface area contributed by atoms with Gasteiger partial charge in [-0.1, -0.05) is 48.2 Å². The Bertz CT molecular complexity index is 1360. The lowest BCUT2D eigenvalue weighted by Gasteiger charge is -2.25. The van der Waals surface area contributed by atoms with E-state index in [9.17, 15) is 9.59 Å². The molecule has 0 bridgehead atoms. The van der Waals surface area contributed by atoms with Crippen molar-refractivity contribution in [3.63, 3.8) is 0 Å². The number of carbonyl (C=O) groups excluding carboxylic acids is 2. The minimum Gasteiger partial charge on any atom is -0.325 e. The third-order valence-electron chi connectivity index (χ3n) is 6.73. The fourth-order valence-electron chi connectivity index (χ4n) is 4.76. The molecule has 0 saturated heterocycles. The van der Waals surface area contributed by atoms with Crippen molar-refractivity contribution >= 4 is 44.8 Å². The number of pyridine rings is 2. The van der Waals surface area contributed by atoms with Crippen molar-refractivity contribution in [3.8, 4) is 0 Å². The van der Waals surface area contributed by atoms with E-state index in [-0.39, 0.29) is 36.5 Å². The third-order valence-corrected chi connectivity index (χ3v) is 8.73. The van der Waals surface area contributed by atoms with E-state index in [1.807, 2.05) is 37.3 Å². The summed E-state index contributed by atoms with van der Waals surface area (Å²) in [7, 11) is 0. The summed E-state index contributed by atoms with van der Waals surface area (Å²) in [6.45, 7) is 2.37. The molecule has 13 heteroatoms. The standard InChI is InChI=1S/C27H31N9O2S2/c1-2-18-8-4-9-19(29-18)13-22(37)31-26-35-33-24(39-26)16-6-3-7-17(12-16)25-34-36-27(40-25)32-23(38)14-20-10-5-11-21(15-28)30-20/h4-5,8-11,16-17H,2-3,6-7,12-15,28H2,1H3,(H,31,35,37)(H,32,36,38)/t16-,17-/m0/s1. The SMILES string of the molecule is CCc1cccc(CC(=O)Nc2nnc([C@H]3CCC[C@H](c4nnc(NC(=O)Cc5cccc(CN)n5)s4)C3)s2)n1. The van der Waals surface area contributed by atoms with Crippen molar-refractivity contribution in [1.29, 1.82) is 0 Å². The lowest BCUT2D eigenvalue weighted by atomic mass is 9.82.